The molecule has 1 amide bonds. The third kappa shape index (κ3) is 2.75. The number of carbonyl (C=O) groups excluding carboxylic acids is 1. The molecule has 0 aromatic heterocycles. The van der Waals surface area contributed by atoms with Gasteiger partial charge in [-0.3, -0.25) is 4.79 Å². The summed E-state index contributed by atoms with van der Waals surface area (Å²) in [5, 5.41) is 9.08. The molecular formula is C14H16FNO3. The molecule has 102 valence electrons. The van der Waals surface area contributed by atoms with Gasteiger partial charge in [-0.1, -0.05) is 12.1 Å². The van der Waals surface area contributed by atoms with Crippen LogP contribution in [0.3, 0.4) is 0 Å². The number of likely N-dealkylation sites (tertiary alicyclic amines) is 1. The average molecular weight is 265 g/mol. The number of carbonyl (C=O) groups is 2. The number of carboxylic acids is 1. The van der Waals surface area contributed by atoms with Gasteiger partial charge in [-0.2, -0.15) is 0 Å². The van der Waals surface area contributed by atoms with Gasteiger partial charge in [0.25, 0.3) is 0 Å². The van der Waals surface area contributed by atoms with Crippen LogP contribution in [0.15, 0.2) is 24.3 Å². The molecule has 5 heteroatoms. The van der Waals surface area contributed by atoms with Crippen molar-refractivity contribution in [3.05, 3.63) is 35.6 Å². The number of nitrogens with zero attached hydrogens (tertiary/aromatic N) is 1. The van der Waals surface area contributed by atoms with Gasteiger partial charge in [-0.15, -0.1) is 0 Å². The highest BCUT2D eigenvalue weighted by Gasteiger charge is 2.36. The zero-order valence-corrected chi connectivity index (χ0v) is 10.7. The summed E-state index contributed by atoms with van der Waals surface area (Å²) in [6, 6.07) is 5.11. The zero-order chi connectivity index (χ0) is 14.0. The highest BCUT2D eigenvalue weighted by Crippen LogP contribution is 2.25. The summed E-state index contributed by atoms with van der Waals surface area (Å²) >= 11 is 0. The lowest BCUT2D eigenvalue weighted by atomic mass is 9.99. The fourth-order valence-electron chi connectivity index (χ4n) is 2.45. The van der Waals surface area contributed by atoms with Crippen LogP contribution in [0, 0.1) is 5.82 Å². The molecule has 1 saturated heterocycles. The van der Waals surface area contributed by atoms with E-state index in [0.717, 1.165) is 0 Å². The molecule has 19 heavy (non-hydrogen) atoms. The summed E-state index contributed by atoms with van der Waals surface area (Å²) in [5.74, 6) is -2.16. The molecule has 1 fully saturated rings. The van der Waals surface area contributed by atoms with Gasteiger partial charge >= 0.3 is 5.97 Å². The minimum atomic E-state index is -0.975. The van der Waals surface area contributed by atoms with Crippen LogP contribution in [0.4, 0.5) is 4.39 Å². The van der Waals surface area contributed by atoms with E-state index in [4.69, 9.17) is 5.11 Å². The predicted molar refractivity (Wildman–Crippen MR) is 67.2 cm³/mol. The fraction of sp³-hybridized carbons (Fsp3) is 0.429. The van der Waals surface area contributed by atoms with Gasteiger partial charge in [0, 0.05) is 6.54 Å². The van der Waals surface area contributed by atoms with Crippen molar-refractivity contribution >= 4 is 11.9 Å². The van der Waals surface area contributed by atoms with Crippen LogP contribution in [0.1, 0.15) is 31.2 Å². The van der Waals surface area contributed by atoms with Gasteiger partial charge in [0.05, 0.1) is 5.92 Å². The Kier molecular flexibility index (Phi) is 3.83. The molecule has 1 unspecified atom stereocenters. The van der Waals surface area contributed by atoms with Gasteiger partial charge in [-0.05, 0) is 37.5 Å². The topological polar surface area (TPSA) is 57.6 Å². The smallest absolute Gasteiger partial charge is 0.326 e. The number of hydrogen-bond donors (Lipinski definition) is 1. The highest BCUT2D eigenvalue weighted by atomic mass is 19.1. The van der Waals surface area contributed by atoms with Crippen molar-refractivity contribution in [2.24, 2.45) is 0 Å². The first kappa shape index (κ1) is 13.5. The molecule has 2 atom stereocenters. The van der Waals surface area contributed by atoms with Gasteiger partial charge in [0.2, 0.25) is 5.91 Å². The fourth-order valence-corrected chi connectivity index (χ4v) is 2.45. The molecule has 1 aromatic carbocycles. The third-order valence-corrected chi connectivity index (χ3v) is 3.54. The summed E-state index contributed by atoms with van der Waals surface area (Å²) in [6.45, 7) is 2.13. The minimum absolute atomic E-state index is 0.254. The lowest BCUT2D eigenvalue weighted by molar-refractivity contribution is -0.148. The van der Waals surface area contributed by atoms with Crippen LogP contribution in [0.5, 0.6) is 0 Å². The van der Waals surface area contributed by atoms with E-state index in [0.29, 0.717) is 24.9 Å². The Morgan fingerprint density at radius 1 is 1.47 bits per heavy atom. The summed E-state index contributed by atoms with van der Waals surface area (Å²) in [5.41, 5.74) is 0.570. The third-order valence-electron chi connectivity index (χ3n) is 3.54. The first-order chi connectivity index (χ1) is 9.00. The van der Waals surface area contributed by atoms with E-state index in [9.17, 15) is 14.0 Å². The first-order valence-electron chi connectivity index (χ1n) is 6.29. The standard InChI is InChI=1S/C14H16FNO3/c1-9(10-4-2-5-11(15)8-10)13(17)16-7-3-6-12(16)14(18)19/h2,4-5,8-9,12H,3,6-7H2,1H3,(H,18,19)/t9?,12-/m1/s1. The Morgan fingerprint density at radius 3 is 2.84 bits per heavy atom. The number of halogens is 1. The highest BCUT2D eigenvalue weighted by molar-refractivity contribution is 5.88. The van der Waals surface area contributed by atoms with E-state index in [1.54, 1.807) is 19.1 Å². The normalized spacial score (nSPS) is 20.3. The van der Waals surface area contributed by atoms with Crippen LogP contribution in [-0.4, -0.2) is 34.5 Å². The van der Waals surface area contributed by atoms with E-state index in [2.05, 4.69) is 0 Å². The van der Waals surface area contributed by atoms with Crippen LogP contribution in [-0.2, 0) is 9.59 Å². The van der Waals surface area contributed by atoms with E-state index in [1.807, 2.05) is 0 Å². The van der Waals surface area contributed by atoms with E-state index in [-0.39, 0.29) is 5.91 Å². The lowest BCUT2D eigenvalue weighted by Gasteiger charge is -2.25. The predicted octanol–water partition coefficient (Wildman–Crippen LogP) is 2.00. The molecule has 0 spiro atoms. The number of aliphatic carboxylic acids is 1. The molecule has 1 heterocycles. The first-order valence-corrected chi connectivity index (χ1v) is 6.29. The summed E-state index contributed by atoms with van der Waals surface area (Å²) in [6.07, 6.45) is 1.18. The Balaban J connectivity index is 2.17. The molecular weight excluding hydrogens is 249 g/mol. The van der Waals surface area contributed by atoms with Crippen LogP contribution < -0.4 is 0 Å². The molecule has 1 aliphatic rings. The molecule has 0 radical (unpaired) electrons. The second kappa shape index (κ2) is 5.38. The van der Waals surface area contributed by atoms with Crippen molar-refractivity contribution in [3.63, 3.8) is 0 Å². The quantitative estimate of drug-likeness (QED) is 0.909. The molecule has 4 nitrogen and oxygen atoms in total. The molecule has 0 aliphatic carbocycles. The number of hydrogen-bond acceptors (Lipinski definition) is 2. The number of carboxylic acid groups (broad SMARTS) is 1. The maximum atomic E-state index is 13.2. The summed E-state index contributed by atoms with van der Waals surface area (Å²) in [4.78, 5) is 24.8. The van der Waals surface area contributed by atoms with E-state index < -0.39 is 23.7 Å². The molecule has 0 bridgehead atoms. The average Bonchev–Trinajstić information content (AvgIpc) is 2.86. The second-order valence-electron chi connectivity index (χ2n) is 4.80. The van der Waals surface area contributed by atoms with Crippen molar-refractivity contribution in [1.29, 1.82) is 0 Å². The Morgan fingerprint density at radius 2 is 2.21 bits per heavy atom. The Bertz CT molecular complexity index is 503. The largest absolute Gasteiger partial charge is 0.480 e. The monoisotopic (exact) mass is 265 g/mol. The maximum absolute atomic E-state index is 13.2. The number of amides is 1. The van der Waals surface area contributed by atoms with Gasteiger partial charge < -0.3 is 10.0 Å². The molecule has 1 aromatic rings. The lowest BCUT2D eigenvalue weighted by Crippen LogP contribution is -2.42. The number of benzene rings is 1. The van der Waals surface area contributed by atoms with Gasteiger partial charge in [0.1, 0.15) is 11.9 Å². The van der Waals surface area contributed by atoms with Crippen molar-refractivity contribution in [2.75, 3.05) is 6.54 Å². The zero-order valence-electron chi connectivity index (χ0n) is 10.7. The van der Waals surface area contributed by atoms with Crippen molar-refractivity contribution in [3.8, 4) is 0 Å². The van der Waals surface area contributed by atoms with E-state index >= 15 is 0 Å². The number of rotatable bonds is 3. The van der Waals surface area contributed by atoms with Gasteiger partial charge in [0.15, 0.2) is 0 Å². The van der Waals surface area contributed by atoms with Crippen molar-refractivity contribution < 1.29 is 19.1 Å². The molecule has 0 saturated carbocycles. The Labute approximate surface area is 110 Å². The summed E-state index contributed by atoms with van der Waals surface area (Å²) in [7, 11) is 0. The van der Waals surface area contributed by atoms with Gasteiger partial charge in [-0.25, -0.2) is 9.18 Å². The molecule has 1 aliphatic heterocycles. The van der Waals surface area contributed by atoms with Crippen molar-refractivity contribution in [2.45, 2.75) is 31.7 Å². The Hall–Kier alpha value is -1.91. The van der Waals surface area contributed by atoms with Crippen LogP contribution in [0.2, 0.25) is 0 Å². The summed E-state index contributed by atoms with van der Waals surface area (Å²) < 4.78 is 13.2. The van der Waals surface area contributed by atoms with Crippen LogP contribution in [0.25, 0.3) is 0 Å². The maximum Gasteiger partial charge on any atom is 0.326 e. The van der Waals surface area contributed by atoms with E-state index in [1.165, 1.54) is 17.0 Å². The second-order valence-corrected chi connectivity index (χ2v) is 4.80. The van der Waals surface area contributed by atoms with Crippen molar-refractivity contribution in [1.82, 2.24) is 4.90 Å². The van der Waals surface area contributed by atoms with Crippen LogP contribution >= 0.6 is 0 Å². The SMILES string of the molecule is CC(C(=O)N1CCC[C@@H]1C(=O)O)c1cccc(F)c1. The minimum Gasteiger partial charge on any atom is -0.480 e. The molecule has 2 rings (SSSR count). The molecule has 1 N–H and O–H groups in total.